The Hall–Kier alpha value is -3.98. The summed E-state index contributed by atoms with van der Waals surface area (Å²) in [5.74, 6) is -0.344. The first-order valence-electron chi connectivity index (χ1n) is 11.6. The summed E-state index contributed by atoms with van der Waals surface area (Å²) in [4.78, 5) is 17.7. The summed E-state index contributed by atoms with van der Waals surface area (Å²) in [6.07, 6.45) is 1.49. The van der Waals surface area contributed by atoms with Gasteiger partial charge in [-0.15, -0.1) is 0 Å². The fourth-order valence-electron chi connectivity index (χ4n) is 3.97. The molecule has 4 aromatic rings. The Bertz CT molecular complexity index is 1190. The molecule has 170 valence electrons. The number of benzene rings is 4. The molecule has 0 spiro atoms. The van der Waals surface area contributed by atoms with Gasteiger partial charge in [-0.3, -0.25) is 4.99 Å². The van der Waals surface area contributed by atoms with E-state index >= 15 is 0 Å². The van der Waals surface area contributed by atoms with Crippen LogP contribution in [0.4, 0.5) is 0 Å². The standard InChI is InChI=1S/C31H29NO2/c1-3-23-14-18-25(19-15-23)26-20-16-24(17-21-26)22-29(31(33)34-2)32-30(27-10-6-4-7-11-27)28-12-8-5-9-13-28/h4-21,29H,3,22H2,1-2H3/t29-/m0/s1. The van der Waals surface area contributed by atoms with Gasteiger partial charge >= 0.3 is 5.97 Å². The number of nitrogens with zero attached hydrogens (tertiary/aromatic N) is 1. The molecule has 0 aliphatic heterocycles. The SMILES string of the molecule is CCc1ccc(-c2ccc(C[C@H](N=C(c3ccccc3)c3ccccc3)C(=O)OC)cc2)cc1. The van der Waals surface area contributed by atoms with Crippen LogP contribution >= 0.6 is 0 Å². The van der Waals surface area contributed by atoms with Crippen molar-refractivity contribution in [1.29, 1.82) is 0 Å². The minimum atomic E-state index is -0.643. The second-order valence-corrected chi connectivity index (χ2v) is 8.20. The molecule has 0 saturated carbocycles. The molecule has 34 heavy (non-hydrogen) atoms. The van der Waals surface area contributed by atoms with E-state index in [2.05, 4.69) is 55.5 Å². The highest BCUT2D eigenvalue weighted by molar-refractivity contribution is 6.13. The maximum absolute atomic E-state index is 12.7. The predicted octanol–water partition coefficient (Wildman–Crippen LogP) is 6.54. The van der Waals surface area contributed by atoms with Crippen molar-refractivity contribution in [2.75, 3.05) is 7.11 Å². The lowest BCUT2D eigenvalue weighted by Crippen LogP contribution is -2.25. The molecule has 0 N–H and O–H groups in total. The third-order valence-electron chi connectivity index (χ3n) is 5.93. The van der Waals surface area contributed by atoms with E-state index in [0.29, 0.717) is 6.42 Å². The van der Waals surface area contributed by atoms with Crippen molar-refractivity contribution in [1.82, 2.24) is 0 Å². The van der Waals surface area contributed by atoms with Gasteiger partial charge in [0.1, 0.15) is 0 Å². The Morgan fingerprint density at radius 3 is 1.62 bits per heavy atom. The lowest BCUT2D eigenvalue weighted by molar-refractivity contribution is -0.142. The van der Waals surface area contributed by atoms with E-state index in [1.165, 1.54) is 18.2 Å². The highest BCUT2D eigenvalue weighted by Crippen LogP contribution is 2.22. The molecule has 0 aliphatic carbocycles. The Labute approximate surface area is 201 Å². The Balaban J connectivity index is 1.63. The first kappa shape index (κ1) is 23.2. The van der Waals surface area contributed by atoms with Crippen molar-refractivity contribution < 1.29 is 9.53 Å². The zero-order valence-electron chi connectivity index (χ0n) is 19.6. The number of esters is 1. The third-order valence-corrected chi connectivity index (χ3v) is 5.93. The maximum Gasteiger partial charge on any atom is 0.330 e. The van der Waals surface area contributed by atoms with E-state index in [9.17, 15) is 4.79 Å². The molecule has 0 aliphatic rings. The summed E-state index contributed by atoms with van der Waals surface area (Å²) < 4.78 is 5.13. The maximum atomic E-state index is 12.7. The number of ether oxygens (including phenoxy) is 1. The first-order valence-corrected chi connectivity index (χ1v) is 11.6. The highest BCUT2D eigenvalue weighted by atomic mass is 16.5. The average molecular weight is 448 g/mol. The van der Waals surface area contributed by atoms with Gasteiger partial charge in [0.15, 0.2) is 6.04 Å². The van der Waals surface area contributed by atoms with Gasteiger partial charge in [0, 0.05) is 17.5 Å². The first-order chi connectivity index (χ1) is 16.7. The second kappa shape index (κ2) is 11.2. The molecule has 0 bridgehead atoms. The van der Waals surface area contributed by atoms with Crippen LogP contribution in [0.15, 0.2) is 114 Å². The molecule has 0 aromatic heterocycles. The molecule has 0 saturated heterocycles. The smallest absolute Gasteiger partial charge is 0.330 e. The van der Waals surface area contributed by atoms with Gasteiger partial charge in [-0.2, -0.15) is 0 Å². The molecule has 0 fully saturated rings. The molecule has 4 aromatic carbocycles. The van der Waals surface area contributed by atoms with Crippen LogP contribution in [-0.4, -0.2) is 24.8 Å². The summed E-state index contributed by atoms with van der Waals surface area (Å²) in [7, 11) is 1.42. The number of hydrogen-bond acceptors (Lipinski definition) is 3. The van der Waals surface area contributed by atoms with Crippen LogP contribution in [0.25, 0.3) is 11.1 Å². The van der Waals surface area contributed by atoms with Crippen LogP contribution in [-0.2, 0) is 22.4 Å². The highest BCUT2D eigenvalue weighted by Gasteiger charge is 2.21. The van der Waals surface area contributed by atoms with Crippen LogP contribution < -0.4 is 0 Å². The van der Waals surface area contributed by atoms with E-state index < -0.39 is 6.04 Å². The van der Waals surface area contributed by atoms with Crippen molar-refractivity contribution >= 4 is 11.7 Å². The molecule has 1 atom stereocenters. The molecule has 0 unspecified atom stereocenters. The number of carbonyl (C=O) groups excluding carboxylic acids is 1. The van der Waals surface area contributed by atoms with Gasteiger partial charge in [0.25, 0.3) is 0 Å². The molecular weight excluding hydrogens is 418 g/mol. The van der Waals surface area contributed by atoms with Gasteiger partial charge in [0.05, 0.1) is 12.8 Å². The van der Waals surface area contributed by atoms with Gasteiger partial charge in [-0.25, -0.2) is 4.79 Å². The molecule has 0 heterocycles. The average Bonchev–Trinajstić information content (AvgIpc) is 2.92. The zero-order valence-corrected chi connectivity index (χ0v) is 19.6. The quantitative estimate of drug-likeness (QED) is 0.227. The van der Waals surface area contributed by atoms with Crippen LogP contribution in [0.1, 0.15) is 29.2 Å². The van der Waals surface area contributed by atoms with Crippen molar-refractivity contribution in [2.24, 2.45) is 4.99 Å². The van der Waals surface area contributed by atoms with Crippen LogP contribution in [0.3, 0.4) is 0 Å². The van der Waals surface area contributed by atoms with Gasteiger partial charge in [-0.1, -0.05) is 116 Å². The van der Waals surface area contributed by atoms with Crippen molar-refractivity contribution in [3.05, 3.63) is 131 Å². The number of methoxy groups -OCH3 is 1. The lowest BCUT2D eigenvalue weighted by atomic mass is 9.98. The molecule has 4 rings (SSSR count). The second-order valence-electron chi connectivity index (χ2n) is 8.20. The monoisotopic (exact) mass is 447 g/mol. The number of hydrogen-bond donors (Lipinski definition) is 0. The van der Waals surface area contributed by atoms with Gasteiger partial charge in [-0.05, 0) is 28.7 Å². The van der Waals surface area contributed by atoms with Gasteiger partial charge < -0.3 is 4.74 Å². The molecule has 3 heteroatoms. The van der Waals surface area contributed by atoms with E-state index in [1.807, 2.05) is 60.7 Å². The van der Waals surface area contributed by atoms with E-state index in [4.69, 9.17) is 9.73 Å². The van der Waals surface area contributed by atoms with Crippen molar-refractivity contribution in [2.45, 2.75) is 25.8 Å². The molecule has 0 radical (unpaired) electrons. The van der Waals surface area contributed by atoms with E-state index in [-0.39, 0.29) is 5.97 Å². The van der Waals surface area contributed by atoms with Crippen LogP contribution in [0.2, 0.25) is 0 Å². The molecule has 3 nitrogen and oxygen atoms in total. The Morgan fingerprint density at radius 1 is 0.706 bits per heavy atom. The Kier molecular flexibility index (Phi) is 7.67. The number of carbonyl (C=O) groups is 1. The van der Waals surface area contributed by atoms with E-state index in [1.54, 1.807) is 0 Å². The number of aryl methyl sites for hydroxylation is 1. The zero-order chi connectivity index (χ0) is 23.8. The lowest BCUT2D eigenvalue weighted by Gasteiger charge is -2.15. The minimum Gasteiger partial charge on any atom is -0.467 e. The molecular formula is C31H29NO2. The minimum absolute atomic E-state index is 0.344. The van der Waals surface area contributed by atoms with Crippen LogP contribution in [0.5, 0.6) is 0 Å². The normalized spacial score (nSPS) is 11.5. The van der Waals surface area contributed by atoms with Crippen molar-refractivity contribution in [3.63, 3.8) is 0 Å². The topological polar surface area (TPSA) is 38.7 Å². The third kappa shape index (κ3) is 5.68. The molecule has 0 amide bonds. The Morgan fingerprint density at radius 2 is 1.18 bits per heavy atom. The summed E-state index contributed by atoms with van der Waals surface area (Å²) >= 11 is 0. The summed E-state index contributed by atoms with van der Waals surface area (Å²) in [5.41, 5.74) is 7.41. The van der Waals surface area contributed by atoms with Crippen molar-refractivity contribution in [3.8, 4) is 11.1 Å². The fourth-order valence-corrected chi connectivity index (χ4v) is 3.97. The number of rotatable bonds is 8. The predicted molar refractivity (Wildman–Crippen MR) is 139 cm³/mol. The number of aliphatic imine (C=N–C) groups is 1. The summed E-state index contributed by atoms with van der Waals surface area (Å²) in [6.45, 7) is 2.16. The van der Waals surface area contributed by atoms with E-state index in [0.717, 1.165) is 34.4 Å². The summed E-state index contributed by atoms with van der Waals surface area (Å²) in [6, 6.07) is 36.3. The largest absolute Gasteiger partial charge is 0.467 e. The van der Waals surface area contributed by atoms with Gasteiger partial charge in [0.2, 0.25) is 0 Å². The van der Waals surface area contributed by atoms with Crippen LogP contribution in [0, 0.1) is 0 Å². The summed E-state index contributed by atoms with van der Waals surface area (Å²) in [5, 5.41) is 0. The fraction of sp³-hybridized carbons (Fsp3) is 0.161.